The number of anilines is 1. The molecule has 0 unspecified atom stereocenters. The van der Waals surface area contributed by atoms with E-state index in [0.29, 0.717) is 21.1 Å². The van der Waals surface area contributed by atoms with E-state index in [0.717, 1.165) is 15.8 Å². The van der Waals surface area contributed by atoms with E-state index in [1.807, 2.05) is 36.6 Å². The highest BCUT2D eigenvalue weighted by Gasteiger charge is 2.19. The van der Waals surface area contributed by atoms with Crippen LogP contribution in [0.2, 0.25) is 0 Å². The number of rotatable bonds is 4. The van der Waals surface area contributed by atoms with Gasteiger partial charge < -0.3 is 0 Å². The zero-order valence-corrected chi connectivity index (χ0v) is 15.5. The number of thiazole rings is 1. The van der Waals surface area contributed by atoms with E-state index in [1.54, 1.807) is 30.3 Å². The van der Waals surface area contributed by atoms with Gasteiger partial charge in [0, 0.05) is 5.56 Å². The van der Waals surface area contributed by atoms with Crippen molar-refractivity contribution in [2.24, 2.45) is 0 Å². The Morgan fingerprint density at radius 2 is 1.81 bits per heavy atom. The summed E-state index contributed by atoms with van der Waals surface area (Å²) in [5, 5.41) is 5.20. The van der Waals surface area contributed by atoms with Gasteiger partial charge in [0.25, 0.3) is 5.91 Å². The van der Waals surface area contributed by atoms with Crippen molar-refractivity contribution in [3.05, 3.63) is 81.5 Å². The highest BCUT2D eigenvalue weighted by atomic mass is 32.1. The van der Waals surface area contributed by atoms with Crippen LogP contribution in [-0.2, 0) is 0 Å². The second-order valence-electron chi connectivity index (χ2n) is 5.80. The molecule has 0 radical (unpaired) electrons. The van der Waals surface area contributed by atoms with E-state index in [9.17, 15) is 9.59 Å². The Hall–Kier alpha value is -2.83. The zero-order chi connectivity index (χ0) is 18.1. The number of aryl methyl sites for hydroxylation is 1. The van der Waals surface area contributed by atoms with Gasteiger partial charge in [0.15, 0.2) is 5.13 Å². The maximum absolute atomic E-state index is 12.8. The molecule has 128 valence electrons. The highest BCUT2D eigenvalue weighted by molar-refractivity contribution is 7.22. The summed E-state index contributed by atoms with van der Waals surface area (Å²) in [4.78, 5) is 30.5. The number of carbonyl (C=O) groups excluding carboxylic acids is 2. The lowest BCUT2D eigenvalue weighted by Crippen LogP contribution is -2.16. The molecular weight excluding hydrogens is 364 g/mol. The van der Waals surface area contributed by atoms with Crippen molar-refractivity contribution in [3.8, 4) is 0 Å². The average molecular weight is 378 g/mol. The Bertz CT molecular complexity index is 1110. The van der Waals surface area contributed by atoms with Crippen LogP contribution in [-0.4, -0.2) is 16.7 Å². The number of nitrogens with zero attached hydrogens (tertiary/aromatic N) is 1. The van der Waals surface area contributed by atoms with Gasteiger partial charge in [-0.25, -0.2) is 4.98 Å². The normalized spacial score (nSPS) is 10.8. The van der Waals surface area contributed by atoms with Gasteiger partial charge in [-0.05, 0) is 42.1 Å². The van der Waals surface area contributed by atoms with Gasteiger partial charge in [0.05, 0.1) is 20.7 Å². The standard InChI is InChI=1S/C20H14N2O2S2/c1-12-8-9-15-17(11-12)26-20(21-15)22-19(24)14-6-3-2-5-13(14)18(23)16-7-4-10-25-16/h2-11H,1H3,(H,21,22,24). The predicted octanol–water partition coefficient (Wildman–Crippen LogP) is 5.15. The number of amides is 1. The first kappa shape index (κ1) is 16.6. The number of aromatic nitrogens is 1. The summed E-state index contributed by atoms with van der Waals surface area (Å²) < 4.78 is 1.02. The number of hydrogen-bond acceptors (Lipinski definition) is 5. The van der Waals surface area contributed by atoms with Crippen molar-refractivity contribution in [1.29, 1.82) is 0 Å². The molecule has 2 aromatic heterocycles. The molecule has 4 nitrogen and oxygen atoms in total. The zero-order valence-electron chi connectivity index (χ0n) is 13.9. The fraction of sp³-hybridized carbons (Fsp3) is 0.0500. The lowest BCUT2D eigenvalue weighted by atomic mass is 10.0. The van der Waals surface area contributed by atoms with Crippen LogP contribution in [0.25, 0.3) is 10.2 Å². The first-order valence-electron chi connectivity index (χ1n) is 7.97. The molecule has 0 bridgehead atoms. The molecule has 1 amide bonds. The van der Waals surface area contributed by atoms with Crippen LogP contribution >= 0.6 is 22.7 Å². The van der Waals surface area contributed by atoms with Crippen LogP contribution in [0.4, 0.5) is 5.13 Å². The minimum atomic E-state index is -0.332. The van der Waals surface area contributed by atoms with Crippen LogP contribution < -0.4 is 5.32 Å². The van der Waals surface area contributed by atoms with E-state index >= 15 is 0 Å². The van der Waals surface area contributed by atoms with E-state index in [1.165, 1.54) is 22.7 Å². The number of carbonyl (C=O) groups is 2. The fourth-order valence-corrected chi connectivity index (χ4v) is 4.31. The molecule has 0 atom stereocenters. The van der Waals surface area contributed by atoms with Crippen molar-refractivity contribution in [2.75, 3.05) is 5.32 Å². The smallest absolute Gasteiger partial charge is 0.258 e. The van der Waals surface area contributed by atoms with Crippen LogP contribution in [0.3, 0.4) is 0 Å². The van der Waals surface area contributed by atoms with Gasteiger partial charge >= 0.3 is 0 Å². The van der Waals surface area contributed by atoms with Crippen LogP contribution in [0, 0.1) is 6.92 Å². The topological polar surface area (TPSA) is 59.1 Å². The molecule has 2 aromatic carbocycles. The molecule has 4 rings (SSSR count). The molecular formula is C20H14N2O2S2. The first-order valence-corrected chi connectivity index (χ1v) is 9.67. The van der Waals surface area contributed by atoms with Crippen molar-refractivity contribution in [3.63, 3.8) is 0 Å². The second-order valence-corrected chi connectivity index (χ2v) is 7.77. The number of nitrogens with one attached hydrogen (secondary N) is 1. The van der Waals surface area contributed by atoms with Crippen LogP contribution in [0.15, 0.2) is 60.0 Å². The van der Waals surface area contributed by atoms with Crippen LogP contribution in [0.1, 0.15) is 31.2 Å². The molecule has 0 aliphatic rings. The Morgan fingerprint density at radius 3 is 2.58 bits per heavy atom. The summed E-state index contributed by atoms with van der Waals surface area (Å²) in [7, 11) is 0. The molecule has 0 spiro atoms. The maximum atomic E-state index is 12.8. The summed E-state index contributed by atoms with van der Waals surface area (Å²) in [5.41, 5.74) is 2.73. The summed E-state index contributed by atoms with van der Waals surface area (Å²) in [6.07, 6.45) is 0. The molecule has 1 N–H and O–H groups in total. The molecule has 0 aliphatic heterocycles. The minimum Gasteiger partial charge on any atom is -0.298 e. The van der Waals surface area contributed by atoms with E-state index in [2.05, 4.69) is 10.3 Å². The Morgan fingerprint density at radius 1 is 1.00 bits per heavy atom. The quantitative estimate of drug-likeness (QED) is 0.500. The molecule has 0 fully saturated rings. The summed E-state index contributed by atoms with van der Waals surface area (Å²) in [6.45, 7) is 2.02. The predicted molar refractivity (Wildman–Crippen MR) is 107 cm³/mol. The van der Waals surface area contributed by atoms with Gasteiger partial charge in [0.2, 0.25) is 5.78 Å². The van der Waals surface area contributed by atoms with E-state index in [4.69, 9.17) is 0 Å². The van der Waals surface area contributed by atoms with Crippen LogP contribution in [0.5, 0.6) is 0 Å². The number of thiophene rings is 1. The third-order valence-electron chi connectivity index (χ3n) is 3.93. The van der Waals surface area contributed by atoms with E-state index in [-0.39, 0.29) is 11.7 Å². The highest BCUT2D eigenvalue weighted by Crippen LogP contribution is 2.27. The molecule has 6 heteroatoms. The average Bonchev–Trinajstić information content (AvgIpc) is 3.30. The number of benzene rings is 2. The number of fused-ring (bicyclic) bond motifs is 1. The number of ketones is 1. The fourth-order valence-electron chi connectivity index (χ4n) is 2.67. The van der Waals surface area contributed by atoms with Gasteiger partial charge in [-0.1, -0.05) is 41.7 Å². The molecule has 0 aliphatic carbocycles. The Balaban J connectivity index is 1.65. The Labute approximate surface area is 158 Å². The minimum absolute atomic E-state index is 0.148. The van der Waals surface area contributed by atoms with Gasteiger partial charge in [-0.3, -0.25) is 14.9 Å². The second kappa shape index (κ2) is 6.82. The third kappa shape index (κ3) is 3.16. The first-order chi connectivity index (χ1) is 12.6. The maximum Gasteiger partial charge on any atom is 0.258 e. The van der Waals surface area contributed by atoms with Gasteiger partial charge in [-0.2, -0.15) is 0 Å². The Kier molecular flexibility index (Phi) is 4.36. The van der Waals surface area contributed by atoms with Crippen molar-refractivity contribution in [1.82, 2.24) is 4.98 Å². The number of hydrogen-bond donors (Lipinski definition) is 1. The largest absolute Gasteiger partial charge is 0.298 e. The lowest BCUT2D eigenvalue weighted by molar-refractivity contribution is 0.0998. The van der Waals surface area contributed by atoms with Gasteiger partial charge in [0.1, 0.15) is 0 Å². The molecule has 4 aromatic rings. The summed E-state index contributed by atoms with van der Waals surface area (Å²) in [6, 6.07) is 16.4. The van der Waals surface area contributed by atoms with E-state index < -0.39 is 0 Å². The van der Waals surface area contributed by atoms with Gasteiger partial charge in [-0.15, -0.1) is 11.3 Å². The lowest BCUT2D eigenvalue weighted by Gasteiger charge is -2.07. The molecule has 0 saturated carbocycles. The van der Waals surface area contributed by atoms with Crippen molar-refractivity contribution in [2.45, 2.75) is 6.92 Å². The van der Waals surface area contributed by atoms with Crippen molar-refractivity contribution >= 4 is 49.7 Å². The molecule has 2 heterocycles. The SMILES string of the molecule is Cc1ccc2nc(NC(=O)c3ccccc3C(=O)c3cccs3)sc2c1. The summed E-state index contributed by atoms with van der Waals surface area (Å²) >= 11 is 2.78. The molecule has 26 heavy (non-hydrogen) atoms. The third-order valence-corrected chi connectivity index (χ3v) is 5.73. The van der Waals surface area contributed by atoms with Crippen molar-refractivity contribution < 1.29 is 9.59 Å². The monoisotopic (exact) mass is 378 g/mol. The molecule has 0 saturated heterocycles. The summed E-state index contributed by atoms with van der Waals surface area (Å²) in [5.74, 6) is -0.480.